The zero-order valence-electron chi connectivity index (χ0n) is 17.6. The predicted octanol–water partition coefficient (Wildman–Crippen LogP) is 1.40. The Balaban J connectivity index is 2.57. The second kappa shape index (κ2) is 12.9. The van der Waals surface area contributed by atoms with Crippen LogP contribution in [0.1, 0.15) is 39.5 Å². The average molecular weight is 400 g/mol. The fraction of sp³-hybridized carbons (Fsp3) is 0.842. The molecule has 0 unspecified atom stereocenters. The molecular weight excluding hydrogens is 362 g/mol. The highest BCUT2D eigenvalue weighted by Crippen LogP contribution is 2.17. The van der Waals surface area contributed by atoms with Crippen LogP contribution in [0.4, 0.5) is 0 Å². The van der Waals surface area contributed by atoms with Crippen LogP contribution in [0.2, 0.25) is 0 Å². The van der Waals surface area contributed by atoms with Gasteiger partial charge in [-0.1, -0.05) is 13.8 Å². The summed E-state index contributed by atoms with van der Waals surface area (Å²) in [6.45, 7) is 6.66. The molecule has 2 N–H and O–H groups in total. The molecule has 7 nitrogen and oxygen atoms in total. The molecule has 0 aromatic rings. The van der Waals surface area contributed by atoms with E-state index in [9.17, 15) is 9.59 Å². The Labute approximate surface area is 168 Å². The molecule has 0 radical (unpaired) electrons. The number of nitrogens with one attached hydrogen (secondary N) is 2. The van der Waals surface area contributed by atoms with Crippen LogP contribution in [0.5, 0.6) is 0 Å². The fourth-order valence-electron chi connectivity index (χ4n) is 3.05. The number of carbonyl (C=O) groups is 2. The van der Waals surface area contributed by atoms with Gasteiger partial charge in [-0.2, -0.15) is 11.8 Å². The van der Waals surface area contributed by atoms with Gasteiger partial charge in [-0.25, -0.2) is 4.99 Å². The Morgan fingerprint density at radius 1 is 1.22 bits per heavy atom. The second-order valence-electron chi connectivity index (χ2n) is 7.13. The topological polar surface area (TPSA) is 77.0 Å². The maximum absolute atomic E-state index is 12.5. The lowest BCUT2D eigenvalue weighted by atomic mass is 9.98. The van der Waals surface area contributed by atoms with Crippen molar-refractivity contribution in [2.45, 2.75) is 45.6 Å². The van der Waals surface area contributed by atoms with Crippen molar-refractivity contribution in [2.75, 3.05) is 52.3 Å². The molecule has 2 amide bonds. The number of hydrogen-bond acceptors (Lipinski definition) is 4. The van der Waals surface area contributed by atoms with Crippen LogP contribution >= 0.6 is 11.8 Å². The van der Waals surface area contributed by atoms with E-state index in [1.165, 1.54) is 0 Å². The molecule has 0 spiro atoms. The molecule has 8 heteroatoms. The van der Waals surface area contributed by atoms with Crippen LogP contribution in [0.25, 0.3) is 0 Å². The van der Waals surface area contributed by atoms with Gasteiger partial charge in [-0.15, -0.1) is 0 Å². The van der Waals surface area contributed by atoms with Gasteiger partial charge in [0.1, 0.15) is 6.54 Å². The number of nitrogens with zero attached hydrogens (tertiary/aromatic N) is 3. The van der Waals surface area contributed by atoms with Crippen molar-refractivity contribution in [3.8, 4) is 0 Å². The van der Waals surface area contributed by atoms with E-state index in [1.807, 2.05) is 4.90 Å². The molecule has 0 saturated carbocycles. The van der Waals surface area contributed by atoms with Crippen molar-refractivity contribution >= 4 is 29.5 Å². The lowest BCUT2D eigenvalue weighted by molar-refractivity contribution is -0.136. The van der Waals surface area contributed by atoms with E-state index in [1.54, 1.807) is 30.8 Å². The van der Waals surface area contributed by atoms with Crippen LogP contribution in [0.3, 0.4) is 0 Å². The maximum Gasteiger partial charge on any atom is 0.243 e. The van der Waals surface area contributed by atoms with Crippen molar-refractivity contribution in [1.82, 2.24) is 20.4 Å². The smallest absolute Gasteiger partial charge is 0.243 e. The molecule has 0 aliphatic carbocycles. The highest BCUT2D eigenvalue weighted by Gasteiger charge is 2.26. The Bertz CT molecular complexity index is 486. The normalized spacial score (nSPS) is 15.8. The number of aliphatic imine (C=N–C) groups is 1. The third kappa shape index (κ3) is 8.41. The van der Waals surface area contributed by atoms with Gasteiger partial charge in [-0.3, -0.25) is 9.59 Å². The molecule has 156 valence electrons. The van der Waals surface area contributed by atoms with Crippen LogP contribution in [0.15, 0.2) is 4.99 Å². The minimum absolute atomic E-state index is 0.0217. The molecule has 0 aromatic heterocycles. The molecule has 1 heterocycles. The average Bonchev–Trinajstić information content (AvgIpc) is 2.67. The molecule has 0 atom stereocenters. The lowest BCUT2D eigenvalue weighted by Gasteiger charge is -2.35. The van der Waals surface area contributed by atoms with Crippen LogP contribution in [-0.2, 0) is 9.59 Å². The third-order valence-corrected chi connectivity index (χ3v) is 5.56. The standard InChI is InChI=1S/C19H37N5O2S/c1-6-15(7-2)18(26)24-11-8-16(9-12-24)22-19(20-10-13-27-5)21-14-17(25)23(3)4/h15-16H,6-14H2,1-5H3,(H2,20,21,22). The summed E-state index contributed by atoms with van der Waals surface area (Å²) in [5.41, 5.74) is 0. The summed E-state index contributed by atoms with van der Waals surface area (Å²) in [5.74, 6) is 2.08. The number of likely N-dealkylation sites (tertiary alicyclic amines) is 1. The van der Waals surface area contributed by atoms with E-state index in [0.29, 0.717) is 11.9 Å². The molecule has 0 bridgehead atoms. The quantitative estimate of drug-likeness (QED) is 0.348. The van der Waals surface area contributed by atoms with Crippen molar-refractivity contribution in [2.24, 2.45) is 10.9 Å². The summed E-state index contributed by atoms with van der Waals surface area (Å²) in [6.07, 6.45) is 5.68. The minimum atomic E-state index is -0.0217. The van der Waals surface area contributed by atoms with Crippen molar-refractivity contribution in [1.29, 1.82) is 0 Å². The summed E-state index contributed by atoms with van der Waals surface area (Å²) in [5, 5.41) is 6.75. The van der Waals surface area contributed by atoms with Crippen molar-refractivity contribution in [3.05, 3.63) is 0 Å². The van der Waals surface area contributed by atoms with E-state index in [-0.39, 0.29) is 24.4 Å². The monoisotopic (exact) mass is 399 g/mol. The number of carbonyl (C=O) groups excluding carboxylic acids is 2. The van der Waals surface area contributed by atoms with E-state index in [0.717, 1.165) is 51.1 Å². The zero-order chi connectivity index (χ0) is 20.2. The van der Waals surface area contributed by atoms with E-state index in [4.69, 9.17) is 0 Å². The van der Waals surface area contributed by atoms with Gasteiger partial charge < -0.3 is 20.4 Å². The molecule has 1 rings (SSSR count). The summed E-state index contributed by atoms with van der Waals surface area (Å²) < 4.78 is 0. The van der Waals surface area contributed by atoms with E-state index < -0.39 is 0 Å². The van der Waals surface area contributed by atoms with Gasteiger partial charge in [0.25, 0.3) is 0 Å². The lowest BCUT2D eigenvalue weighted by Crippen LogP contribution is -2.51. The number of amides is 2. The Morgan fingerprint density at radius 3 is 2.37 bits per heavy atom. The SMILES string of the molecule is CCC(CC)C(=O)N1CCC(NC(=NCC(=O)N(C)C)NCCSC)CC1. The van der Waals surface area contributed by atoms with Gasteiger partial charge in [0, 0.05) is 51.4 Å². The number of piperidine rings is 1. The van der Waals surface area contributed by atoms with Crippen LogP contribution in [0, 0.1) is 5.92 Å². The van der Waals surface area contributed by atoms with E-state index in [2.05, 4.69) is 35.7 Å². The van der Waals surface area contributed by atoms with Crippen LogP contribution in [-0.4, -0.2) is 85.9 Å². The molecule has 1 saturated heterocycles. The van der Waals surface area contributed by atoms with Crippen molar-refractivity contribution < 1.29 is 9.59 Å². The van der Waals surface area contributed by atoms with Gasteiger partial charge >= 0.3 is 0 Å². The molecule has 1 aliphatic rings. The van der Waals surface area contributed by atoms with Gasteiger partial charge in [0.15, 0.2) is 5.96 Å². The Hall–Kier alpha value is -1.44. The minimum Gasteiger partial charge on any atom is -0.356 e. The highest BCUT2D eigenvalue weighted by atomic mass is 32.2. The largest absolute Gasteiger partial charge is 0.356 e. The number of rotatable bonds is 9. The predicted molar refractivity (Wildman–Crippen MR) is 114 cm³/mol. The van der Waals surface area contributed by atoms with Crippen molar-refractivity contribution in [3.63, 3.8) is 0 Å². The summed E-state index contributed by atoms with van der Waals surface area (Å²) in [6, 6.07) is 0.269. The van der Waals surface area contributed by atoms with E-state index >= 15 is 0 Å². The first-order valence-electron chi connectivity index (χ1n) is 9.95. The number of guanidine groups is 1. The second-order valence-corrected chi connectivity index (χ2v) is 8.12. The molecule has 1 aliphatic heterocycles. The summed E-state index contributed by atoms with van der Waals surface area (Å²) >= 11 is 1.76. The number of likely N-dealkylation sites (N-methyl/N-ethyl adjacent to an activating group) is 1. The molecule has 1 fully saturated rings. The number of thioether (sulfide) groups is 1. The van der Waals surface area contributed by atoms with Gasteiger partial charge in [-0.05, 0) is 31.9 Å². The molecular formula is C19H37N5O2S. The van der Waals surface area contributed by atoms with Crippen LogP contribution < -0.4 is 10.6 Å². The fourth-order valence-corrected chi connectivity index (χ4v) is 3.35. The highest BCUT2D eigenvalue weighted by molar-refractivity contribution is 7.98. The molecule has 0 aromatic carbocycles. The summed E-state index contributed by atoms with van der Waals surface area (Å²) in [4.78, 5) is 32.3. The first kappa shape index (κ1) is 23.6. The van der Waals surface area contributed by atoms with Gasteiger partial charge in [0.2, 0.25) is 11.8 Å². The zero-order valence-corrected chi connectivity index (χ0v) is 18.4. The third-order valence-electron chi connectivity index (χ3n) is 4.95. The Kier molecular flexibility index (Phi) is 11.2. The number of hydrogen-bond donors (Lipinski definition) is 2. The Morgan fingerprint density at radius 2 is 1.85 bits per heavy atom. The first-order valence-corrected chi connectivity index (χ1v) is 11.3. The van der Waals surface area contributed by atoms with Gasteiger partial charge in [0.05, 0.1) is 0 Å². The summed E-state index contributed by atoms with van der Waals surface area (Å²) in [7, 11) is 3.47. The first-order chi connectivity index (χ1) is 12.9. The maximum atomic E-state index is 12.5. The molecule has 27 heavy (non-hydrogen) atoms.